The van der Waals surface area contributed by atoms with E-state index in [1.165, 1.54) is 0 Å². The van der Waals surface area contributed by atoms with Gasteiger partial charge in [-0.2, -0.15) is 0 Å². The van der Waals surface area contributed by atoms with Gasteiger partial charge in [0.05, 0.1) is 18.8 Å². The van der Waals surface area contributed by atoms with Crippen LogP contribution in [0.4, 0.5) is 0 Å². The quantitative estimate of drug-likeness (QED) is 0.589. The summed E-state index contributed by atoms with van der Waals surface area (Å²) in [5.74, 6) is 0. The van der Waals surface area contributed by atoms with Crippen LogP contribution in [0.2, 0.25) is 0 Å². The maximum atomic E-state index is 9.35. The summed E-state index contributed by atoms with van der Waals surface area (Å²) in [6.07, 6.45) is 2.66. The SMILES string of the molecule is C[C@@H]1C[C@]2(CO)CNCC[C@H]2O1. The number of piperidine rings is 1. The largest absolute Gasteiger partial charge is 0.396 e. The standard InChI is InChI=1S/C9H17NO2/c1-7-4-9(6-11)5-10-3-2-8(9)12-7/h7-8,10-11H,2-6H2,1H3/t7-,8-,9-/m1/s1. The maximum Gasteiger partial charge on any atom is 0.0682 e. The Bertz CT molecular complexity index is 174. The van der Waals surface area contributed by atoms with Crippen LogP contribution in [-0.2, 0) is 4.74 Å². The van der Waals surface area contributed by atoms with E-state index in [2.05, 4.69) is 12.2 Å². The van der Waals surface area contributed by atoms with Gasteiger partial charge in [-0.1, -0.05) is 0 Å². The summed E-state index contributed by atoms with van der Waals surface area (Å²) in [7, 11) is 0. The van der Waals surface area contributed by atoms with E-state index < -0.39 is 0 Å². The summed E-state index contributed by atoms with van der Waals surface area (Å²) < 4.78 is 5.76. The first-order valence-electron chi connectivity index (χ1n) is 4.74. The number of ether oxygens (including phenoxy) is 1. The van der Waals surface area contributed by atoms with Gasteiger partial charge in [0, 0.05) is 12.0 Å². The van der Waals surface area contributed by atoms with Gasteiger partial charge >= 0.3 is 0 Å². The molecule has 0 unspecified atom stereocenters. The molecular weight excluding hydrogens is 154 g/mol. The highest BCUT2D eigenvalue weighted by Gasteiger charge is 2.47. The van der Waals surface area contributed by atoms with Crippen molar-refractivity contribution >= 4 is 0 Å². The Morgan fingerprint density at radius 2 is 2.50 bits per heavy atom. The normalized spacial score (nSPS) is 47.5. The minimum Gasteiger partial charge on any atom is -0.396 e. The molecule has 2 N–H and O–H groups in total. The molecule has 0 bridgehead atoms. The second kappa shape index (κ2) is 2.98. The van der Waals surface area contributed by atoms with E-state index in [1.807, 2.05) is 0 Å². The topological polar surface area (TPSA) is 41.5 Å². The van der Waals surface area contributed by atoms with E-state index in [9.17, 15) is 5.11 Å². The Kier molecular flexibility index (Phi) is 2.10. The lowest BCUT2D eigenvalue weighted by Crippen LogP contribution is -2.49. The van der Waals surface area contributed by atoms with Gasteiger partial charge in [-0.3, -0.25) is 0 Å². The van der Waals surface area contributed by atoms with Crippen LogP contribution in [0.15, 0.2) is 0 Å². The van der Waals surface area contributed by atoms with Crippen molar-refractivity contribution in [3.05, 3.63) is 0 Å². The first-order chi connectivity index (χ1) is 5.77. The Morgan fingerprint density at radius 1 is 1.67 bits per heavy atom. The third-order valence-corrected chi connectivity index (χ3v) is 3.15. The highest BCUT2D eigenvalue weighted by Crippen LogP contribution is 2.40. The predicted octanol–water partition coefficient (Wildman–Crippen LogP) is 0.136. The van der Waals surface area contributed by atoms with Crippen LogP contribution >= 0.6 is 0 Å². The molecule has 70 valence electrons. The molecule has 0 saturated carbocycles. The van der Waals surface area contributed by atoms with Crippen molar-refractivity contribution in [2.24, 2.45) is 5.41 Å². The van der Waals surface area contributed by atoms with Gasteiger partial charge in [-0.25, -0.2) is 0 Å². The zero-order valence-corrected chi connectivity index (χ0v) is 7.55. The number of rotatable bonds is 1. The second-order valence-corrected chi connectivity index (χ2v) is 4.13. The van der Waals surface area contributed by atoms with Crippen LogP contribution in [0.25, 0.3) is 0 Å². The summed E-state index contributed by atoms with van der Waals surface area (Å²) >= 11 is 0. The monoisotopic (exact) mass is 171 g/mol. The van der Waals surface area contributed by atoms with Crippen molar-refractivity contribution in [2.45, 2.75) is 32.0 Å². The van der Waals surface area contributed by atoms with Gasteiger partial charge in [-0.15, -0.1) is 0 Å². The Balaban J connectivity index is 2.14. The Hall–Kier alpha value is -0.120. The molecule has 0 aliphatic carbocycles. The van der Waals surface area contributed by atoms with Crippen molar-refractivity contribution in [1.29, 1.82) is 0 Å². The molecule has 3 nitrogen and oxygen atoms in total. The molecule has 0 aromatic carbocycles. The van der Waals surface area contributed by atoms with E-state index in [1.54, 1.807) is 0 Å². The summed E-state index contributed by atoms with van der Waals surface area (Å²) in [5.41, 5.74) is 0.0255. The smallest absolute Gasteiger partial charge is 0.0682 e. The fourth-order valence-electron chi connectivity index (χ4n) is 2.53. The van der Waals surface area contributed by atoms with Gasteiger partial charge in [0.15, 0.2) is 0 Å². The zero-order valence-electron chi connectivity index (χ0n) is 7.55. The Labute approximate surface area is 73.1 Å². The molecule has 2 aliphatic rings. The molecule has 0 amide bonds. The first kappa shape index (κ1) is 8.48. The van der Waals surface area contributed by atoms with E-state index in [0.717, 1.165) is 25.9 Å². The van der Waals surface area contributed by atoms with Crippen molar-refractivity contribution in [2.75, 3.05) is 19.7 Å². The molecule has 0 spiro atoms. The fraction of sp³-hybridized carbons (Fsp3) is 1.00. The molecule has 2 heterocycles. The minimum absolute atomic E-state index is 0.0255. The average Bonchev–Trinajstić information content (AvgIpc) is 2.41. The lowest BCUT2D eigenvalue weighted by Gasteiger charge is -2.36. The van der Waals surface area contributed by atoms with E-state index in [0.29, 0.717) is 12.2 Å². The molecule has 12 heavy (non-hydrogen) atoms. The van der Waals surface area contributed by atoms with Crippen LogP contribution in [0, 0.1) is 5.41 Å². The van der Waals surface area contributed by atoms with Crippen molar-refractivity contribution in [1.82, 2.24) is 5.32 Å². The molecular formula is C9H17NO2. The summed E-state index contributed by atoms with van der Waals surface area (Å²) in [4.78, 5) is 0. The lowest BCUT2D eigenvalue weighted by atomic mass is 9.77. The molecule has 2 aliphatic heterocycles. The third-order valence-electron chi connectivity index (χ3n) is 3.15. The maximum absolute atomic E-state index is 9.35. The van der Waals surface area contributed by atoms with Crippen LogP contribution in [0.1, 0.15) is 19.8 Å². The number of aliphatic hydroxyl groups is 1. The van der Waals surface area contributed by atoms with E-state index >= 15 is 0 Å². The minimum atomic E-state index is 0.0255. The summed E-state index contributed by atoms with van der Waals surface area (Å²) in [6, 6.07) is 0. The van der Waals surface area contributed by atoms with Crippen LogP contribution in [-0.4, -0.2) is 37.0 Å². The molecule has 2 rings (SSSR count). The number of fused-ring (bicyclic) bond motifs is 1. The van der Waals surface area contributed by atoms with Gasteiger partial charge in [0.2, 0.25) is 0 Å². The van der Waals surface area contributed by atoms with Gasteiger partial charge in [-0.05, 0) is 26.3 Å². The van der Waals surface area contributed by atoms with Crippen LogP contribution < -0.4 is 5.32 Å². The molecule has 3 heteroatoms. The van der Waals surface area contributed by atoms with Crippen molar-refractivity contribution in [3.63, 3.8) is 0 Å². The summed E-state index contributed by atoms with van der Waals surface area (Å²) in [6.45, 7) is 4.29. The highest BCUT2D eigenvalue weighted by atomic mass is 16.5. The van der Waals surface area contributed by atoms with E-state index in [-0.39, 0.29) is 12.0 Å². The highest BCUT2D eigenvalue weighted by molar-refractivity contribution is 4.98. The van der Waals surface area contributed by atoms with Gasteiger partial charge in [0.1, 0.15) is 0 Å². The van der Waals surface area contributed by atoms with Crippen molar-refractivity contribution in [3.8, 4) is 0 Å². The van der Waals surface area contributed by atoms with Crippen molar-refractivity contribution < 1.29 is 9.84 Å². The number of aliphatic hydroxyl groups excluding tert-OH is 1. The number of hydrogen-bond acceptors (Lipinski definition) is 3. The molecule has 0 aromatic rings. The number of hydrogen-bond donors (Lipinski definition) is 2. The molecule has 0 radical (unpaired) electrons. The molecule has 2 fully saturated rings. The predicted molar refractivity (Wildman–Crippen MR) is 46.0 cm³/mol. The second-order valence-electron chi connectivity index (χ2n) is 4.13. The Morgan fingerprint density at radius 3 is 3.17 bits per heavy atom. The molecule has 2 saturated heterocycles. The number of nitrogens with one attached hydrogen (secondary N) is 1. The summed E-state index contributed by atoms with van der Waals surface area (Å²) in [5, 5.41) is 12.7. The lowest BCUT2D eigenvalue weighted by molar-refractivity contribution is -0.0209. The van der Waals surface area contributed by atoms with Gasteiger partial charge < -0.3 is 15.2 Å². The van der Waals surface area contributed by atoms with Crippen LogP contribution in [0.5, 0.6) is 0 Å². The molecule has 3 atom stereocenters. The van der Waals surface area contributed by atoms with Gasteiger partial charge in [0.25, 0.3) is 0 Å². The third kappa shape index (κ3) is 1.16. The van der Waals surface area contributed by atoms with Crippen LogP contribution in [0.3, 0.4) is 0 Å². The molecule has 0 aromatic heterocycles. The fourth-order valence-corrected chi connectivity index (χ4v) is 2.53. The first-order valence-corrected chi connectivity index (χ1v) is 4.74. The average molecular weight is 171 g/mol. The zero-order chi connectivity index (χ0) is 8.60. The van der Waals surface area contributed by atoms with E-state index in [4.69, 9.17) is 4.74 Å².